The van der Waals surface area contributed by atoms with Crippen molar-refractivity contribution in [1.82, 2.24) is 0 Å². The summed E-state index contributed by atoms with van der Waals surface area (Å²) in [6.07, 6.45) is -0.877. The number of rotatable bonds is 6. The summed E-state index contributed by atoms with van der Waals surface area (Å²) in [5, 5.41) is 8.78. The number of halogens is 1. The van der Waals surface area contributed by atoms with Crippen molar-refractivity contribution >= 4 is 34.7 Å². The minimum atomic E-state index is -1.03. The van der Waals surface area contributed by atoms with Gasteiger partial charge in [-0.15, -0.1) is 0 Å². The van der Waals surface area contributed by atoms with Gasteiger partial charge < -0.3 is 14.6 Å². The van der Waals surface area contributed by atoms with Crippen molar-refractivity contribution in [3.05, 3.63) is 29.3 Å². The Labute approximate surface area is 144 Å². The molecule has 0 aromatic heterocycles. The molecule has 0 heterocycles. The standard InChI is InChI=1S/C16H21IO5/c1-9(2)11-6-5-7-12(10(3)4)14(11)22-16(20)21-8-13(17)15(18)19/h5-7,9-10,13H,8H2,1-4H3,(H,18,19)/t13-/m0/s1. The van der Waals surface area contributed by atoms with Gasteiger partial charge in [0.1, 0.15) is 16.3 Å². The quantitative estimate of drug-likeness (QED) is 0.321. The molecule has 0 spiro atoms. The van der Waals surface area contributed by atoms with Crippen LogP contribution in [0.5, 0.6) is 5.75 Å². The lowest BCUT2D eigenvalue weighted by Gasteiger charge is -2.18. The Morgan fingerprint density at radius 1 is 1.14 bits per heavy atom. The predicted octanol–water partition coefficient (Wildman–Crippen LogP) is 4.34. The van der Waals surface area contributed by atoms with E-state index in [9.17, 15) is 9.59 Å². The number of carbonyl (C=O) groups excluding carboxylic acids is 1. The van der Waals surface area contributed by atoms with E-state index in [-0.39, 0.29) is 18.4 Å². The lowest BCUT2D eigenvalue weighted by atomic mass is 9.94. The zero-order valence-electron chi connectivity index (χ0n) is 13.1. The monoisotopic (exact) mass is 420 g/mol. The van der Waals surface area contributed by atoms with Crippen molar-refractivity contribution in [3.63, 3.8) is 0 Å². The van der Waals surface area contributed by atoms with E-state index in [4.69, 9.17) is 14.6 Å². The van der Waals surface area contributed by atoms with Crippen molar-refractivity contribution in [3.8, 4) is 5.75 Å². The molecule has 0 saturated heterocycles. The molecule has 0 unspecified atom stereocenters. The van der Waals surface area contributed by atoms with Crippen LogP contribution in [0.4, 0.5) is 4.79 Å². The van der Waals surface area contributed by atoms with E-state index in [0.29, 0.717) is 5.75 Å². The van der Waals surface area contributed by atoms with Crippen molar-refractivity contribution in [2.24, 2.45) is 0 Å². The van der Waals surface area contributed by atoms with Gasteiger partial charge in [0.2, 0.25) is 0 Å². The Morgan fingerprint density at radius 3 is 2.05 bits per heavy atom. The fraction of sp³-hybridized carbons (Fsp3) is 0.500. The second-order valence-electron chi connectivity index (χ2n) is 5.54. The summed E-state index contributed by atoms with van der Waals surface area (Å²) in [7, 11) is 0. The van der Waals surface area contributed by atoms with E-state index < -0.39 is 16.0 Å². The number of aliphatic carboxylic acids is 1. The van der Waals surface area contributed by atoms with Gasteiger partial charge in [-0.1, -0.05) is 68.5 Å². The first-order valence-corrected chi connectivity index (χ1v) is 8.32. The summed E-state index contributed by atoms with van der Waals surface area (Å²) in [6.45, 7) is 7.84. The average Bonchev–Trinajstić information content (AvgIpc) is 2.44. The van der Waals surface area contributed by atoms with E-state index in [1.54, 1.807) is 22.6 Å². The van der Waals surface area contributed by atoms with Crippen molar-refractivity contribution in [1.29, 1.82) is 0 Å². The summed E-state index contributed by atoms with van der Waals surface area (Å²) in [4.78, 5) is 22.6. The van der Waals surface area contributed by atoms with E-state index >= 15 is 0 Å². The van der Waals surface area contributed by atoms with Gasteiger partial charge in [0, 0.05) is 0 Å². The zero-order chi connectivity index (χ0) is 16.9. The van der Waals surface area contributed by atoms with Crippen LogP contribution >= 0.6 is 22.6 Å². The van der Waals surface area contributed by atoms with Crippen LogP contribution in [-0.4, -0.2) is 27.8 Å². The highest BCUT2D eigenvalue weighted by Gasteiger charge is 2.21. The van der Waals surface area contributed by atoms with Crippen LogP contribution in [0.1, 0.15) is 50.7 Å². The largest absolute Gasteiger partial charge is 0.513 e. The number of ether oxygens (including phenoxy) is 2. The molecule has 0 amide bonds. The van der Waals surface area contributed by atoms with Gasteiger partial charge in [-0.05, 0) is 23.0 Å². The number of para-hydroxylation sites is 1. The topological polar surface area (TPSA) is 72.8 Å². The molecular weight excluding hydrogens is 399 g/mol. The maximum Gasteiger partial charge on any atom is 0.513 e. The Morgan fingerprint density at radius 2 is 1.64 bits per heavy atom. The van der Waals surface area contributed by atoms with Crippen LogP contribution in [0, 0.1) is 0 Å². The van der Waals surface area contributed by atoms with Gasteiger partial charge in [-0.25, -0.2) is 4.79 Å². The summed E-state index contributed by atoms with van der Waals surface area (Å²) in [5.74, 6) is -0.132. The highest BCUT2D eigenvalue weighted by atomic mass is 127. The molecule has 1 N–H and O–H groups in total. The Hall–Kier alpha value is -1.31. The van der Waals surface area contributed by atoms with E-state index in [0.717, 1.165) is 11.1 Å². The predicted molar refractivity (Wildman–Crippen MR) is 92.0 cm³/mol. The van der Waals surface area contributed by atoms with Gasteiger partial charge in [0.25, 0.3) is 0 Å². The number of benzene rings is 1. The van der Waals surface area contributed by atoms with E-state index in [2.05, 4.69) is 0 Å². The first-order valence-electron chi connectivity index (χ1n) is 7.08. The summed E-state index contributed by atoms with van der Waals surface area (Å²) >= 11 is 1.70. The van der Waals surface area contributed by atoms with Gasteiger partial charge >= 0.3 is 12.1 Å². The molecule has 22 heavy (non-hydrogen) atoms. The molecule has 1 atom stereocenters. The molecule has 0 radical (unpaired) electrons. The molecule has 0 aliphatic heterocycles. The van der Waals surface area contributed by atoms with Crippen molar-refractivity contribution in [2.75, 3.05) is 6.61 Å². The number of hydrogen-bond acceptors (Lipinski definition) is 4. The fourth-order valence-corrected chi connectivity index (χ4v) is 2.11. The maximum absolute atomic E-state index is 11.8. The third kappa shape index (κ3) is 5.15. The molecule has 0 aliphatic rings. The first-order chi connectivity index (χ1) is 10.2. The second kappa shape index (κ2) is 8.36. The first kappa shape index (κ1) is 18.7. The van der Waals surface area contributed by atoms with E-state index in [1.807, 2.05) is 45.9 Å². The Kier molecular flexibility index (Phi) is 7.12. The maximum atomic E-state index is 11.8. The SMILES string of the molecule is CC(C)c1cccc(C(C)C)c1OC(=O)OC[C@H](I)C(=O)O. The summed E-state index contributed by atoms with van der Waals surface area (Å²) in [5.41, 5.74) is 1.85. The molecular formula is C16H21IO5. The lowest BCUT2D eigenvalue weighted by Crippen LogP contribution is -2.23. The second-order valence-corrected chi connectivity index (χ2v) is 7.05. The normalized spacial score (nSPS) is 12.3. The van der Waals surface area contributed by atoms with Gasteiger partial charge in [-0.3, -0.25) is 4.79 Å². The molecule has 5 nitrogen and oxygen atoms in total. The number of carboxylic acid groups (broad SMARTS) is 1. The molecule has 6 heteroatoms. The smallest absolute Gasteiger partial charge is 0.480 e. The zero-order valence-corrected chi connectivity index (χ0v) is 15.3. The van der Waals surface area contributed by atoms with Crippen LogP contribution < -0.4 is 4.74 Å². The molecule has 1 aromatic carbocycles. The van der Waals surface area contributed by atoms with Gasteiger partial charge in [0.05, 0.1) is 0 Å². The third-order valence-electron chi connectivity index (χ3n) is 3.12. The van der Waals surface area contributed by atoms with Crippen molar-refractivity contribution in [2.45, 2.75) is 43.5 Å². The van der Waals surface area contributed by atoms with Crippen molar-refractivity contribution < 1.29 is 24.2 Å². The van der Waals surface area contributed by atoms with Crippen LogP contribution in [0.2, 0.25) is 0 Å². The fourth-order valence-electron chi connectivity index (χ4n) is 1.93. The molecule has 0 fully saturated rings. The van der Waals surface area contributed by atoms with E-state index in [1.165, 1.54) is 0 Å². The average molecular weight is 420 g/mol. The minimum absolute atomic E-state index is 0.192. The molecule has 0 aliphatic carbocycles. The van der Waals surface area contributed by atoms with Gasteiger partial charge in [0.15, 0.2) is 0 Å². The molecule has 1 rings (SSSR count). The summed E-state index contributed by atoms with van der Waals surface area (Å²) < 4.78 is 9.46. The molecule has 1 aromatic rings. The van der Waals surface area contributed by atoms with Crippen LogP contribution in [-0.2, 0) is 9.53 Å². The molecule has 122 valence electrons. The molecule has 0 bridgehead atoms. The number of carbonyl (C=O) groups is 2. The Bertz CT molecular complexity index is 513. The van der Waals surface area contributed by atoms with Crippen LogP contribution in [0.15, 0.2) is 18.2 Å². The molecule has 0 saturated carbocycles. The third-order valence-corrected chi connectivity index (χ3v) is 4.01. The van der Waals surface area contributed by atoms with Gasteiger partial charge in [-0.2, -0.15) is 0 Å². The lowest BCUT2D eigenvalue weighted by molar-refractivity contribution is -0.136. The number of carboxylic acids is 1. The minimum Gasteiger partial charge on any atom is -0.480 e. The number of alkyl halides is 1. The van der Waals surface area contributed by atoms with Crippen LogP contribution in [0.25, 0.3) is 0 Å². The number of hydrogen-bond donors (Lipinski definition) is 1. The highest BCUT2D eigenvalue weighted by molar-refractivity contribution is 14.1. The summed E-state index contributed by atoms with van der Waals surface area (Å²) in [6, 6.07) is 5.77. The Balaban J connectivity index is 2.91. The highest BCUT2D eigenvalue weighted by Crippen LogP contribution is 2.34. The van der Waals surface area contributed by atoms with Crippen LogP contribution in [0.3, 0.4) is 0 Å².